The molecule has 2 aliphatic rings. The number of methoxy groups -OCH3 is 2. The second kappa shape index (κ2) is 14.9. The molecule has 1 atom stereocenters. The Hall–Kier alpha value is -2.56. The summed E-state index contributed by atoms with van der Waals surface area (Å²) in [6, 6.07) is 3.15. The largest absolute Gasteiger partial charge is 0.478 e. The number of hydrogen-bond acceptors (Lipinski definition) is 7. The summed E-state index contributed by atoms with van der Waals surface area (Å²) in [5.41, 5.74) is -0.985. The van der Waals surface area contributed by atoms with Crippen LogP contribution in [0.3, 0.4) is 0 Å². The summed E-state index contributed by atoms with van der Waals surface area (Å²) in [6.45, 7) is 10.7. The summed E-state index contributed by atoms with van der Waals surface area (Å²) < 4.78 is 26.0. The van der Waals surface area contributed by atoms with Crippen molar-refractivity contribution in [2.75, 3.05) is 32.2 Å². The second-order valence-electron chi connectivity index (χ2n) is 8.47. The van der Waals surface area contributed by atoms with Gasteiger partial charge >= 0.3 is 5.97 Å². The molecule has 1 unspecified atom stereocenters. The van der Waals surface area contributed by atoms with Gasteiger partial charge in [0.2, 0.25) is 11.8 Å². The normalized spacial score (nSPS) is 20.2. The molecule has 2 fully saturated rings. The monoisotopic (exact) mass is 511 g/mol. The van der Waals surface area contributed by atoms with Gasteiger partial charge in [-0.25, -0.2) is 9.18 Å². The van der Waals surface area contributed by atoms with Crippen molar-refractivity contribution in [3.63, 3.8) is 0 Å². The first-order valence-electron chi connectivity index (χ1n) is 12.6. The van der Waals surface area contributed by atoms with Crippen LogP contribution in [0.15, 0.2) is 12.1 Å². The van der Waals surface area contributed by atoms with Crippen molar-refractivity contribution in [1.29, 1.82) is 0 Å². The number of nitrogens with one attached hydrogen (secondary N) is 2. The number of piperidine rings is 2. The van der Waals surface area contributed by atoms with Crippen molar-refractivity contribution in [2.24, 2.45) is 5.92 Å². The lowest BCUT2D eigenvalue weighted by molar-refractivity contribution is -0.141. The van der Waals surface area contributed by atoms with Gasteiger partial charge in [0, 0.05) is 46.2 Å². The predicted octanol–water partition coefficient (Wildman–Crippen LogP) is 3.70. The van der Waals surface area contributed by atoms with Crippen LogP contribution in [0, 0.1) is 11.7 Å². The first kappa shape index (κ1) is 31.5. The van der Waals surface area contributed by atoms with Gasteiger partial charge in [-0.15, -0.1) is 0 Å². The molecule has 0 radical (unpaired) electrons. The van der Waals surface area contributed by atoms with Gasteiger partial charge in [-0.3, -0.25) is 20.2 Å². The number of halogens is 1. The van der Waals surface area contributed by atoms with E-state index in [2.05, 4.69) is 10.6 Å². The van der Waals surface area contributed by atoms with E-state index in [-0.39, 0.29) is 48.8 Å². The lowest BCUT2D eigenvalue weighted by Crippen LogP contribution is -2.59. The Morgan fingerprint density at radius 3 is 2.28 bits per heavy atom. The van der Waals surface area contributed by atoms with Crippen LogP contribution in [0.25, 0.3) is 0 Å². The molecule has 0 spiro atoms. The van der Waals surface area contributed by atoms with Gasteiger partial charge in [0.1, 0.15) is 5.56 Å². The molecule has 0 bridgehead atoms. The second-order valence-corrected chi connectivity index (χ2v) is 8.47. The Balaban J connectivity index is 0.00000154. The quantitative estimate of drug-likeness (QED) is 0.357. The van der Waals surface area contributed by atoms with Crippen LogP contribution < -0.4 is 15.5 Å². The van der Waals surface area contributed by atoms with Gasteiger partial charge in [-0.2, -0.15) is 0 Å². The van der Waals surface area contributed by atoms with Crippen LogP contribution in [-0.4, -0.2) is 62.0 Å². The van der Waals surface area contributed by atoms with E-state index in [1.54, 1.807) is 33.3 Å². The molecule has 2 heterocycles. The van der Waals surface area contributed by atoms with Crippen LogP contribution in [0.4, 0.5) is 10.1 Å². The van der Waals surface area contributed by atoms with Crippen molar-refractivity contribution >= 4 is 23.5 Å². The van der Waals surface area contributed by atoms with Crippen LogP contribution in [0.5, 0.6) is 0 Å². The van der Waals surface area contributed by atoms with Crippen molar-refractivity contribution in [3.05, 3.63) is 29.1 Å². The molecule has 0 saturated carbocycles. The molecule has 2 amide bonds. The summed E-state index contributed by atoms with van der Waals surface area (Å²) >= 11 is 0. The zero-order valence-electron chi connectivity index (χ0n) is 22.6. The SMILES string of the molecule is CC.CC.COC(OC)C1CCN(c2ccc(CNC3(C)CCC(=O)NC3=O)c(C(=O)O)c2F)CC1. The zero-order valence-corrected chi connectivity index (χ0v) is 22.6. The van der Waals surface area contributed by atoms with Crippen LogP contribution >= 0.6 is 0 Å². The number of anilines is 1. The van der Waals surface area contributed by atoms with Crippen molar-refractivity contribution in [2.45, 2.75) is 78.7 Å². The fourth-order valence-corrected chi connectivity index (χ4v) is 4.38. The summed E-state index contributed by atoms with van der Waals surface area (Å²) in [6.07, 6.45) is 1.59. The fraction of sp³-hybridized carbons (Fsp3) is 0.654. The number of nitrogens with zero attached hydrogens (tertiary/aromatic N) is 1. The molecule has 9 nitrogen and oxygen atoms in total. The molecule has 10 heteroatoms. The lowest BCUT2D eigenvalue weighted by atomic mass is 9.90. The van der Waals surface area contributed by atoms with Gasteiger partial charge in [0.25, 0.3) is 0 Å². The number of carbonyl (C=O) groups is 3. The first-order chi connectivity index (χ1) is 17.2. The summed E-state index contributed by atoms with van der Waals surface area (Å²) in [7, 11) is 3.17. The number of carboxylic acids is 1. The Kier molecular flexibility index (Phi) is 13.0. The molecule has 1 aromatic carbocycles. The van der Waals surface area contributed by atoms with E-state index in [4.69, 9.17) is 9.47 Å². The van der Waals surface area contributed by atoms with E-state index < -0.39 is 28.8 Å². The van der Waals surface area contributed by atoms with E-state index in [0.717, 1.165) is 12.8 Å². The Morgan fingerprint density at radius 1 is 1.19 bits per heavy atom. The Bertz CT molecular complexity index is 885. The molecule has 0 aromatic heterocycles. The number of benzene rings is 1. The van der Waals surface area contributed by atoms with Crippen molar-refractivity contribution in [3.8, 4) is 0 Å². The number of amides is 2. The molecule has 2 aliphatic heterocycles. The minimum atomic E-state index is -1.37. The summed E-state index contributed by atoms with van der Waals surface area (Å²) in [5, 5.41) is 15.0. The van der Waals surface area contributed by atoms with E-state index in [9.17, 15) is 19.5 Å². The molecule has 0 aliphatic carbocycles. The van der Waals surface area contributed by atoms with Gasteiger partial charge in [0.15, 0.2) is 12.1 Å². The molecule has 2 saturated heterocycles. The van der Waals surface area contributed by atoms with Crippen LogP contribution in [0.1, 0.15) is 76.2 Å². The highest BCUT2D eigenvalue weighted by atomic mass is 19.1. The highest BCUT2D eigenvalue weighted by Gasteiger charge is 2.38. The average Bonchev–Trinajstić information content (AvgIpc) is 2.89. The van der Waals surface area contributed by atoms with Crippen LogP contribution in [0.2, 0.25) is 0 Å². The Labute approximate surface area is 213 Å². The van der Waals surface area contributed by atoms with E-state index in [1.807, 2.05) is 32.6 Å². The molecular formula is C26H42FN3O6. The minimum Gasteiger partial charge on any atom is -0.478 e. The summed E-state index contributed by atoms with van der Waals surface area (Å²) in [5.74, 6) is -2.80. The third-order valence-corrected chi connectivity index (χ3v) is 6.43. The number of imide groups is 1. The average molecular weight is 512 g/mol. The first-order valence-corrected chi connectivity index (χ1v) is 12.6. The maximum absolute atomic E-state index is 15.3. The smallest absolute Gasteiger partial charge is 0.339 e. The molecule has 1 aromatic rings. The molecule has 204 valence electrons. The third kappa shape index (κ3) is 7.47. The highest BCUT2D eigenvalue weighted by Crippen LogP contribution is 2.31. The number of carboxylic acid groups (broad SMARTS) is 1. The van der Waals surface area contributed by atoms with E-state index >= 15 is 4.39 Å². The highest BCUT2D eigenvalue weighted by molar-refractivity contribution is 6.02. The van der Waals surface area contributed by atoms with Gasteiger partial charge in [-0.1, -0.05) is 33.8 Å². The minimum absolute atomic E-state index is 0.0254. The number of carbonyl (C=O) groups excluding carboxylic acids is 2. The molecule has 3 rings (SSSR count). The molecule has 36 heavy (non-hydrogen) atoms. The van der Waals surface area contributed by atoms with Gasteiger partial charge in [0.05, 0.1) is 11.2 Å². The third-order valence-electron chi connectivity index (χ3n) is 6.43. The number of aromatic carboxylic acids is 1. The molecule has 3 N–H and O–H groups in total. The topological polar surface area (TPSA) is 117 Å². The maximum Gasteiger partial charge on any atom is 0.339 e. The number of hydrogen-bond donors (Lipinski definition) is 3. The Morgan fingerprint density at radius 2 is 1.78 bits per heavy atom. The lowest BCUT2D eigenvalue weighted by Gasteiger charge is -2.36. The zero-order chi connectivity index (χ0) is 27.5. The number of ether oxygens (including phenoxy) is 2. The summed E-state index contributed by atoms with van der Waals surface area (Å²) in [4.78, 5) is 37.3. The maximum atomic E-state index is 15.3. The predicted molar refractivity (Wildman–Crippen MR) is 136 cm³/mol. The fourth-order valence-electron chi connectivity index (χ4n) is 4.38. The number of rotatable bonds is 8. The van der Waals surface area contributed by atoms with Crippen molar-refractivity contribution < 1.29 is 33.4 Å². The van der Waals surface area contributed by atoms with E-state index in [1.165, 1.54) is 0 Å². The van der Waals surface area contributed by atoms with Crippen molar-refractivity contribution in [1.82, 2.24) is 10.6 Å². The van der Waals surface area contributed by atoms with Gasteiger partial charge in [-0.05, 0) is 37.8 Å². The standard InChI is InChI=1S/C22H30FN3O6.2C2H6/c1-22(9-6-16(27)25-21(22)30)24-12-14-4-5-15(18(23)17(14)19(28)29)26-10-7-13(8-11-26)20(31-2)32-3;2*1-2/h4-5,13,20,24H,6-12H2,1-3H3,(H,28,29)(H,25,27,30);2*1-2H3. The molecular weight excluding hydrogens is 469 g/mol. The van der Waals surface area contributed by atoms with E-state index in [0.29, 0.717) is 13.1 Å². The van der Waals surface area contributed by atoms with Gasteiger partial charge < -0.3 is 19.5 Å². The van der Waals surface area contributed by atoms with Crippen LogP contribution in [-0.2, 0) is 25.6 Å².